The van der Waals surface area contributed by atoms with Crippen LogP contribution in [0.15, 0.2) is 0 Å². The van der Waals surface area contributed by atoms with E-state index in [0.29, 0.717) is 19.0 Å². The van der Waals surface area contributed by atoms with Crippen molar-refractivity contribution in [1.29, 1.82) is 0 Å². The van der Waals surface area contributed by atoms with Gasteiger partial charge in [0.15, 0.2) is 0 Å². The van der Waals surface area contributed by atoms with Gasteiger partial charge in [0.05, 0.1) is 0 Å². The van der Waals surface area contributed by atoms with Crippen LogP contribution in [0.4, 0.5) is 4.79 Å². The Labute approximate surface area is 119 Å². The Kier molecular flexibility index (Phi) is 5.64. The second-order valence-corrected chi connectivity index (χ2v) is 5.77. The Morgan fingerprint density at radius 1 is 1.10 bits per heavy atom. The minimum Gasteiger partial charge on any atom is -0.481 e. The van der Waals surface area contributed by atoms with Crippen LogP contribution in [0.2, 0.25) is 0 Å². The van der Waals surface area contributed by atoms with Crippen LogP contribution >= 0.6 is 0 Å². The Balaban J connectivity index is 1.65. The molecule has 0 spiro atoms. The van der Waals surface area contributed by atoms with Crippen molar-refractivity contribution >= 4 is 12.0 Å². The number of carboxylic acids is 1. The van der Waals surface area contributed by atoms with Gasteiger partial charge < -0.3 is 20.1 Å². The van der Waals surface area contributed by atoms with Crippen LogP contribution in [0.5, 0.6) is 0 Å². The molecule has 2 aliphatic rings. The zero-order valence-corrected chi connectivity index (χ0v) is 11.8. The maximum Gasteiger partial charge on any atom is 0.317 e. The molecule has 6 nitrogen and oxygen atoms in total. The molecule has 2 aliphatic heterocycles. The van der Waals surface area contributed by atoms with Gasteiger partial charge in [0.25, 0.3) is 0 Å². The summed E-state index contributed by atoms with van der Waals surface area (Å²) in [4.78, 5) is 24.5. The van der Waals surface area contributed by atoms with Crippen molar-refractivity contribution < 1.29 is 19.4 Å². The monoisotopic (exact) mass is 284 g/mol. The van der Waals surface area contributed by atoms with Crippen LogP contribution in [-0.2, 0) is 9.53 Å². The summed E-state index contributed by atoms with van der Waals surface area (Å²) in [6, 6.07) is -0.00901. The van der Waals surface area contributed by atoms with E-state index in [1.807, 2.05) is 0 Å². The Bertz CT molecular complexity index is 334. The van der Waals surface area contributed by atoms with E-state index in [4.69, 9.17) is 9.84 Å². The standard InChI is InChI=1S/C14H24N2O4/c17-13(18)9-11-1-5-16(6-2-11)14(19)15-10-12-3-7-20-8-4-12/h11-12H,1-10H2,(H,15,19)(H,17,18). The number of amides is 2. The van der Waals surface area contributed by atoms with E-state index in [-0.39, 0.29) is 18.4 Å². The van der Waals surface area contributed by atoms with Gasteiger partial charge in [0, 0.05) is 39.3 Å². The molecule has 0 bridgehead atoms. The van der Waals surface area contributed by atoms with Crippen LogP contribution in [0.25, 0.3) is 0 Å². The van der Waals surface area contributed by atoms with E-state index in [1.54, 1.807) is 4.90 Å². The molecule has 0 atom stereocenters. The lowest BCUT2D eigenvalue weighted by molar-refractivity contribution is -0.138. The molecule has 0 aromatic carbocycles. The maximum absolute atomic E-state index is 12.0. The maximum atomic E-state index is 12.0. The lowest BCUT2D eigenvalue weighted by atomic mass is 9.94. The first-order valence-electron chi connectivity index (χ1n) is 7.47. The highest BCUT2D eigenvalue weighted by molar-refractivity contribution is 5.74. The first kappa shape index (κ1) is 15.1. The van der Waals surface area contributed by atoms with Crippen LogP contribution < -0.4 is 5.32 Å². The van der Waals surface area contributed by atoms with E-state index in [2.05, 4.69) is 5.32 Å². The molecule has 0 aliphatic carbocycles. The number of ether oxygens (including phenoxy) is 1. The van der Waals surface area contributed by atoms with Gasteiger partial charge >= 0.3 is 12.0 Å². The molecule has 2 fully saturated rings. The number of likely N-dealkylation sites (tertiary alicyclic amines) is 1. The first-order chi connectivity index (χ1) is 9.65. The van der Waals surface area contributed by atoms with Gasteiger partial charge in [-0.2, -0.15) is 0 Å². The smallest absolute Gasteiger partial charge is 0.317 e. The first-order valence-corrected chi connectivity index (χ1v) is 7.47. The van der Waals surface area contributed by atoms with E-state index >= 15 is 0 Å². The van der Waals surface area contributed by atoms with E-state index in [1.165, 1.54) is 0 Å². The normalized spacial score (nSPS) is 21.7. The molecule has 0 aromatic heterocycles. The third-order valence-corrected chi connectivity index (χ3v) is 4.25. The number of rotatable bonds is 4. The summed E-state index contributed by atoms with van der Waals surface area (Å²) >= 11 is 0. The molecular formula is C14H24N2O4. The van der Waals surface area contributed by atoms with Crippen LogP contribution in [0.3, 0.4) is 0 Å². The minimum atomic E-state index is -0.743. The topological polar surface area (TPSA) is 78.9 Å². The summed E-state index contributed by atoms with van der Waals surface area (Å²) in [5.41, 5.74) is 0. The lowest BCUT2D eigenvalue weighted by Crippen LogP contribution is -2.46. The van der Waals surface area contributed by atoms with Crippen molar-refractivity contribution in [1.82, 2.24) is 10.2 Å². The van der Waals surface area contributed by atoms with Crippen molar-refractivity contribution in [3.05, 3.63) is 0 Å². The quantitative estimate of drug-likeness (QED) is 0.816. The molecule has 20 heavy (non-hydrogen) atoms. The number of carbonyl (C=O) groups excluding carboxylic acids is 1. The molecule has 2 saturated heterocycles. The van der Waals surface area contributed by atoms with Crippen molar-refractivity contribution in [2.45, 2.75) is 32.1 Å². The van der Waals surface area contributed by atoms with Crippen molar-refractivity contribution in [3.8, 4) is 0 Å². The molecule has 2 N–H and O–H groups in total. The number of urea groups is 1. The molecule has 0 saturated carbocycles. The number of hydrogen-bond donors (Lipinski definition) is 2. The highest BCUT2D eigenvalue weighted by atomic mass is 16.5. The van der Waals surface area contributed by atoms with Gasteiger partial charge in [-0.25, -0.2) is 4.79 Å². The van der Waals surface area contributed by atoms with Crippen molar-refractivity contribution in [2.24, 2.45) is 11.8 Å². The highest BCUT2D eigenvalue weighted by Crippen LogP contribution is 2.20. The van der Waals surface area contributed by atoms with E-state index in [0.717, 1.165) is 45.4 Å². The summed E-state index contributed by atoms with van der Waals surface area (Å²) in [5, 5.41) is 11.8. The minimum absolute atomic E-state index is 0.00901. The fourth-order valence-electron chi connectivity index (χ4n) is 2.88. The zero-order valence-electron chi connectivity index (χ0n) is 11.8. The van der Waals surface area contributed by atoms with Gasteiger partial charge in [0.2, 0.25) is 0 Å². The van der Waals surface area contributed by atoms with Crippen LogP contribution in [0, 0.1) is 11.8 Å². The Hall–Kier alpha value is -1.30. The summed E-state index contributed by atoms with van der Waals surface area (Å²) in [6.45, 7) is 3.63. The van der Waals surface area contributed by atoms with Crippen LogP contribution in [-0.4, -0.2) is 54.9 Å². The van der Waals surface area contributed by atoms with Gasteiger partial charge in [-0.15, -0.1) is 0 Å². The van der Waals surface area contributed by atoms with Gasteiger partial charge in [-0.05, 0) is 37.5 Å². The predicted molar refractivity (Wildman–Crippen MR) is 73.5 cm³/mol. The molecule has 0 unspecified atom stereocenters. The second-order valence-electron chi connectivity index (χ2n) is 5.77. The SMILES string of the molecule is O=C(O)CC1CCN(C(=O)NCC2CCOCC2)CC1. The molecule has 2 amide bonds. The number of nitrogens with one attached hydrogen (secondary N) is 1. The average molecular weight is 284 g/mol. The van der Waals surface area contributed by atoms with Gasteiger partial charge in [0.1, 0.15) is 0 Å². The number of carbonyl (C=O) groups is 2. The second kappa shape index (κ2) is 7.47. The largest absolute Gasteiger partial charge is 0.481 e. The number of carboxylic acid groups (broad SMARTS) is 1. The average Bonchev–Trinajstić information content (AvgIpc) is 2.46. The molecule has 0 aromatic rings. The number of aliphatic carboxylic acids is 1. The van der Waals surface area contributed by atoms with E-state index in [9.17, 15) is 9.59 Å². The predicted octanol–water partition coefficient (Wildman–Crippen LogP) is 1.31. The van der Waals surface area contributed by atoms with Crippen molar-refractivity contribution in [3.63, 3.8) is 0 Å². The molecule has 6 heteroatoms. The summed E-state index contributed by atoms with van der Waals surface area (Å²) in [6.07, 6.45) is 3.83. The Morgan fingerprint density at radius 2 is 1.75 bits per heavy atom. The zero-order chi connectivity index (χ0) is 14.4. The highest BCUT2D eigenvalue weighted by Gasteiger charge is 2.24. The van der Waals surface area contributed by atoms with Crippen LogP contribution in [0.1, 0.15) is 32.1 Å². The summed E-state index contributed by atoms with van der Waals surface area (Å²) < 4.78 is 5.30. The van der Waals surface area contributed by atoms with Crippen molar-refractivity contribution in [2.75, 3.05) is 32.8 Å². The molecular weight excluding hydrogens is 260 g/mol. The number of nitrogens with zero attached hydrogens (tertiary/aromatic N) is 1. The van der Waals surface area contributed by atoms with E-state index < -0.39 is 5.97 Å². The Morgan fingerprint density at radius 3 is 2.35 bits per heavy atom. The molecule has 114 valence electrons. The van der Waals surface area contributed by atoms with Gasteiger partial charge in [-0.3, -0.25) is 4.79 Å². The molecule has 0 radical (unpaired) electrons. The lowest BCUT2D eigenvalue weighted by Gasteiger charge is -2.32. The summed E-state index contributed by atoms with van der Waals surface area (Å²) in [5.74, 6) is -0.00304. The van der Waals surface area contributed by atoms with Gasteiger partial charge in [-0.1, -0.05) is 0 Å². The third-order valence-electron chi connectivity index (χ3n) is 4.25. The number of hydrogen-bond acceptors (Lipinski definition) is 3. The fraction of sp³-hybridized carbons (Fsp3) is 0.857. The fourth-order valence-corrected chi connectivity index (χ4v) is 2.88. The number of piperidine rings is 1. The third kappa shape index (κ3) is 4.67. The molecule has 2 heterocycles. The molecule has 2 rings (SSSR count). The summed E-state index contributed by atoms with van der Waals surface area (Å²) in [7, 11) is 0.